The third-order valence-electron chi connectivity index (χ3n) is 3.82. The van der Waals surface area contributed by atoms with E-state index in [4.69, 9.17) is 9.52 Å². The van der Waals surface area contributed by atoms with Crippen molar-refractivity contribution in [3.63, 3.8) is 0 Å². The lowest BCUT2D eigenvalue weighted by molar-refractivity contribution is -0.129. The van der Waals surface area contributed by atoms with Crippen LogP contribution in [0.15, 0.2) is 39.7 Å². The van der Waals surface area contributed by atoms with E-state index in [1.807, 2.05) is 0 Å². The van der Waals surface area contributed by atoms with Gasteiger partial charge in [0.15, 0.2) is 5.43 Å². The summed E-state index contributed by atoms with van der Waals surface area (Å²) in [5, 5.41) is 19.1. The zero-order chi connectivity index (χ0) is 19.6. The van der Waals surface area contributed by atoms with Gasteiger partial charge in [0.1, 0.15) is 23.6 Å². The summed E-state index contributed by atoms with van der Waals surface area (Å²) in [6.45, 7) is -0.0356. The van der Waals surface area contributed by atoms with Crippen molar-refractivity contribution in [1.29, 1.82) is 0 Å². The number of likely N-dealkylation sites (N-methyl/N-ethyl adjacent to an activating group) is 1. The molecule has 0 aliphatic heterocycles. The molecule has 0 spiro atoms. The van der Waals surface area contributed by atoms with Crippen LogP contribution in [0.5, 0.6) is 0 Å². The fourth-order valence-corrected chi connectivity index (χ4v) is 2.40. The molecule has 0 bridgehead atoms. The van der Waals surface area contributed by atoms with Gasteiger partial charge in [0.2, 0.25) is 5.91 Å². The highest BCUT2D eigenvalue weighted by molar-refractivity contribution is 5.82. The Labute approximate surface area is 153 Å². The monoisotopic (exact) mass is 371 g/mol. The maximum atomic E-state index is 12.3. The first-order valence-corrected chi connectivity index (χ1v) is 7.98. The molecule has 0 radical (unpaired) electrons. The molecule has 2 aromatic heterocycles. The topological polar surface area (TPSA) is 131 Å². The molecule has 10 heteroatoms. The van der Waals surface area contributed by atoms with Gasteiger partial charge in [-0.05, 0) is 18.2 Å². The Morgan fingerprint density at radius 1 is 1.30 bits per heavy atom. The minimum atomic E-state index is -1.20. The van der Waals surface area contributed by atoms with Gasteiger partial charge in [0, 0.05) is 25.7 Å². The van der Waals surface area contributed by atoms with Crippen LogP contribution < -0.4 is 10.7 Å². The number of fused-ring (bicyclic) bond motifs is 1. The van der Waals surface area contributed by atoms with Crippen LogP contribution in [0, 0.1) is 0 Å². The summed E-state index contributed by atoms with van der Waals surface area (Å²) in [6, 6.07) is 6.19. The molecule has 10 nitrogen and oxygen atoms in total. The van der Waals surface area contributed by atoms with Crippen molar-refractivity contribution in [2.24, 2.45) is 0 Å². The van der Waals surface area contributed by atoms with Crippen molar-refractivity contribution in [2.45, 2.75) is 13.1 Å². The summed E-state index contributed by atoms with van der Waals surface area (Å²) in [6.07, 6.45) is 0.416. The highest BCUT2D eigenvalue weighted by atomic mass is 16.4. The average Bonchev–Trinajstić information content (AvgIpc) is 3.08. The highest BCUT2D eigenvalue weighted by Gasteiger charge is 2.12. The number of aromatic nitrogens is 3. The molecular formula is C17H17N5O5. The van der Waals surface area contributed by atoms with Gasteiger partial charge < -0.3 is 19.7 Å². The van der Waals surface area contributed by atoms with Crippen molar-refractivity contribution in [3.05, 3.63) is 46.4 Å². The van der Waals surface area contributed by atoms with Crippen LogP contribution in [0.25, 0.3) is 22.2 Å². The number of carbonyl (C=O) groups is 2. The predicted octanol–water partition coefficient (Wildman–Crippen LogP) is 0.907. The standard InChI is InChI=1S/C17H17N5O5/c1-21(2)16(24)9-22-8-13(19-20-22)10-3-4-15-12(5-10)14(23)6-11(27-15)7-18-17(25)26/h3-6,8,18H,7,9H2,1-2H3,(H,25,26). The third kappa shape index (κ3) is 4.11. The van der Waals surface area contributed by atoms with Crippen molar-refractivity contribution < 1.29 is 19.1 Å². The molecule has 0 aliphatic carbocycles. The summed E-state index contributed by atoms with van der Waals surface area (Å²) in [5.41, 5.74) is 1.20. The second-order valence-electron chi connectivity index (χ2n) is 6.04. The maximum Gasteiger partial charge on any atom is 0.405 e. The summed E-state index contributed by atoms with van der Waals surface area (Å²) in [7, 11) is 3.31. The van der Waals surface area contributed by atoms with Crippen LogP contribution >= 0.6 is 0 Å². The number of nitrogens with zero attached hydrogens (tertiary/aromatic N) is 4. The molecule has 0 atom stereocenters. The van der Waals surface area contributed by atoms with Gasteiger partial charge in [-0.2, -0.15) is 0 Å². The van der Waals surface area contributed by atoms with E-state index in [9.17, 15) is 14.4 Å². The number of carbonyl (C=O) groups excluding carboxylic acids is 1. The molecular weight excluding hydrogens is 354 g/mol. The predicted molar refractivity (Wildman–Crippen MR) is 95.1 cm³/mol. The fraction of sp³-hybridized carbons (Fsp3) is 0.235. The Bertz CT molecular complexity index is 1070. The summed E-state index contributed by atoms with van der Waals surface area (Å²) < 4.78 is 6.97. The molecule has 3 aromatic rings. The summed E-state index contributed by atoms with van der Waals surface area (Å²) >= 11 is 0. The van der Waals surface area contributed by atoms with E-state index in [0.29, 0.717) is 22.2 Å². The van der Waals surface area contributed by atoms with Crippen LogP contribution in [0.2, 0.25) is 0 Å². The lowest BCUT2D eigenvalue weighted by Gasteiger charge is -2.08. The largest absolute Gasteiger partial charge is 0.465 e. The van der Waals surface area contributed by atoms with Gasteiger partial charge in [-0.3, -0.25) is 9.59 Å². The van der Waals surface area contributed by atoms with E-state index in [1.54, 1.807) is 38.5 Å². The quantitative estimate of drug-likeness (QED) is 0.681. The van der Waals surface area contributed by atoms with E-state index in [1.165, 1.54) is 15.6 Å². The van der Waals surface area contributed by atoms with Gasteiger partial charge in [-0.15, -0.1) is 5.10 Å². The molecule has 27 heavy (non-hydrogen) atoms. The van der Waals surface area contributed by atoms with Crippen molar-refractivity contribution in [2.75, 3.05) is 14.1 Å². The normalized spacial score (nSPS) is 10.7. The van der Waals surface area contributed by atoms with E-state index >= 15 is 0 Å². The Kier molecular flexibility index (Phi) is 4.88. The SMILES string of the molecule is CN(C)C(=O)Cn1cc(-c2ccc3oc(CNC(=O)O)cc(=O)c3c2)nn1. The lowest BCUT2D eigenvalue weighted by atomic mass is 10.1. The van der Waals surface area contributed by atoms with Gasteiger partial charge in [-0.1, -0.05) is 5.21 Å². The van der Waals surface area contributed by atoms with Gasteiger partial charge >= 0.3 is 6.09 Å². The van der Waals surface area contributed by atoms with Crippen LogP contribution in [-0.2, 0) is 17.9 Å². The molecule has 1 aromatic carbocycles. The molecule has 0 unspecified atom stereocenters. The third-order valence-corrected chi connectivity index (χ3v) is 3.82. The van der Waals surface area contributed by atoms with E-state index in [-0.39, 0.29) is 30.2 Å². The number of carboxylic acid groups (broad SMARTS) is 1. The van der Waals surface area contributed by atoms with Crippen molar-refractivity contribution in [1.82, 2.24) is 25.2 Å². The van der Waals surface area contributed by atoms with Crippen molar-refractivity contribution >= 4 is 23.0 Å². The fourth-order valence-electron chi connectivity index (χ4n) is 2.40. The van der Waals surface area contributed by atoms with Crippen LogP contribution in [0.4, 0.5) is 4.79 Å². The Hall–Kier alpha value is -3.69. The first-order chi connectivity index (χ1) is 12.8. The Balaban J connectivity index is 1.89. The minimum absolute atomic E-state index is 0.0651. The second-order valence-corrected chi connectivity index (χ2v) is 6.04. The number of hydrogen-bond acceptors (Lipinski definition) is 6. The molecule has 2 heterocycles. The van der Waals surface area contributed by atoms with Gasteiger partial charge in [0.05, 0.1) is 18.1 Å². The molecule has 2 N–H and O–H groups in total. The van der Waals surface area contributed by atoms with Gasteiger partial charge in [-0.25, -0.2) is 9.48 Å². The molecule has 0 saturated heterocycles. The zero-order valence-corrected chi connectivity index (χ0v) is 14.7. The van der Waals surface area contributed by atoms with Gasteiger partial charge in [0.25, 0.3) is 0 Å². The number of benzene rings is 1. The van der Waals surface area contributed by atoms with Crippen LogP contribution in [-0.4, -0.2) is 51.1 Å². The zero-order valence-electron chi connectivity index (χ0n) is 14.7. The molecule has 0 aliphatic rings. The maximum absolute atomic E-state index is 12.3. The Morgan fingerprint density at radius 2 is 2.07 bits per heavy atom. The average molecular weight is 371 g/mol. The summed E-state index contributed by atoms with van der Waals surface area (Å²) in [4.78, 5) is 36.1. The second kappa shape index (κ2) is 7.28. The molecule has 140 valence electrons. The van der Waals surface area contributed by atoms with Crippen LogP contribution in [0.1, 0.15) is 5.76 Å². The number of rotatable bonds is 5. The first-order valence-electron chi connectivity index (χ1n) is 7.98. The number of amides is 2. The molecule has 0 saturated carbocycles. The molecule has 0 fully saturated rings. The smallest absolute Gasteiger partial charge is 0.405 e. The van der Waals surface area contributed by atoms with E-state index in [0.717, 1.165) is 0 Å². The molecule has 2 amide bonds. The van der Waals surface area contributed by atoms with E-state index < -0.39 is 6.09 Å². The Morgan fingerprint density at radius 3 is 2.78 bits per heavy atom. The van der Waals surface area contributed by atoms with Crippen LogP contribution in [0.3, 0.4) is 0 Å². The number of hydrogen-bond donors (Lipinski definition) is 2. The minimum Gasteiger partial charge on any atom is -0.465 e. The van der Waals surface area contributed by atoms with E-state index in [2.05, 4.69) is 15.6 Å². The molecule has 3 rings (SSSR count). The summed E-state index contributed by atoms with van der Waals surface area (Å²) in [5.74, 6) is 0.101. The van der Waals surface area contributed by atoms with Crippen molar-refractivity contribution in [3.8, 4) is 11.3 Å². The lowest BCUT2D eigenvalue weighted by Crippen LogP contribution is -2.26. The number of nitrogens with one attached hydrogen (secondary N) is 1. The first kappa shape index (κ1) is 18.1. The highest BCUT2D eigenvalue weighted by Crippen LogP contribution is 2.21.